The van der Waals surface area contributed by atoms with E-state index >= 15 is 0 Å². The fraction of sp³-hybridized carbons (Fsp3) is 0.0909. The number of carboxylic acid groups (broad SMARTS) is 1. The lowest BCUT2D eigenvalue weighted by Crippen LogP contribution is -1.94. The van der Waals surface area contributed by atoms with E-state index in [4.69, 9.17) is 5.11 Å². The number of thiazole rings is 1. The van der Waals surface area contributed by atoms with Crippen molar-refractivity contribution in [2.24, 2.45) is 0 Å². The van der Waals surface area contributed by atoms with E-state index in [0.29, 0.717) is 10.8 Å². The van der Waals surface area contributed by atoms with Gasteiger partial charge in [0, 0.05) is 8.04 Å². The second-order valence-corrected chi connectivity index (χ2v) is 6.56. The van der Waals surface area contributed by atoms with E-state index in [9.17, 15) is 4.79 Å². The van der Waals surface area contributed by atoms with Gasteiger partial charge in [0.05, 0.1) is 11.4 Å². The smallest absolute Gasteiger partial charge is 0.347 e. The molecule has 2 rings (SSSR count). The van der Waals surface area contributed by atoms with Gasteiger partial charge in [-0.3, -0.25) is 0 Å². The molecular weight excluding hydrogens is 431 g/mol. The number of anilines is 2. The lowest BCUT2D eigenvalue weighted by atomic mass is 10.3. The average molecular weight is 439 g/mol. The molecule has 0 amide bonds. The summed E-state index contributed by atoms with van der Waals surface area (Å²) in [6.07, 6.45) is 0. The van der Waals surface area contributed by atoms with Crippen LogP contribution in [0.25, 0.3) is 0 Å². The molecule has 94 valence electrons. The molecular formula is C11H8BrIN2O2S. The van der Waals surface area contributed by atoms with Gasteiger partial charge in [-0.25, -0.2) is 9.78 Å². The summed E-state index contributed by atoms with van der Waals surface area (Å²) in [5.41, 5.74) is 1.43. The zero-order valence-electron chi connectivity index (χ0n) is 9.20. The Bertz CT molecular complexity index is 615. The molecule has 0 aliphatic carbocycles. The van der Waals surface area contributed by atoms with Gasteiger partial charge in [0.15, 0.2) is 5.13 Å². The zero-order chi connectivity index (χ0) is 13.3. The molecule has 0 aliphatic heterocycles. The molecule has 1 aromatic carbocycles. The van der Waals surface area contributed by atoms with E-state index < -0.39 is 5.97 Å². The van der Waals surface area contributed by atoms with E-state index in [1.54, 1.807) is 6.92 Å². The Kier molecular flexibility index (Phi) is 4.23. The molecule has 1 aromatic heterocycles. The average Bonchev–Trinajstić information content (AvgIpc) is 2.65. The molecule has 0 atom stereocenters. The number of hydrogen-bond acceptors (Lipinski definition) is 4. The van der Waals surface area contributed by atoms with Gasteiger partial charge in [-0.2, -0.15) is 0 Å². The van der Waals surface area contributed by atoms with Crippen LogP contribution in [0.2, 0.25) is 0 Å². The fourth-order valence-corrected chi connectivity index (χ4v) is 3.01. The van der Waals surface area contributed by atoms with Crippen molar-refractivity contribution in [3.63, 3.8) is 0 Å². The molecule has 7 heteroatoms. The van der Waals surface area contributed by atoms with Crippen LogP contribution in [0.1, 0.15) is 15.4 Å². The van der Waals surface area contributed by atoms with Crippen molar-refractivity contribution >= 4 is 66.6 Å². The van der Waals surface area contributed by atoms with Gasteiger partial charge < -0.3 is 10.4 Å². The van der Waals surface area contributed by atoms with Crippen LogP contribution >= 0.6 is 49.9 Å². The largest absolute Gasteiger partial charge is 0.477 e. The third-order valence-corrected chi connectivity index (χ3v) is 4.66. The van der Waals surface area contributed by atoms with Gasteiger partial charge in [-0.05, 0) is 47.7 Å². The standard InChI is InChI=1S/C11H8BrIN2O2S/c1-5-9(10(16)17)18-11(14-5)15-8-4-6(12)2-3-7(8)13/h2-4H,1H3,(H,14,15)(H,16,17). The van der Waals surface area contributed by atoms with Gasteiger partial charge in [0.2, 0.25) is 0 Å². The fourth-order valence-electron chi connectivity index (χ4n) is 1.36. The monoisotopic (exact) mass is 438 g/mol. The number of benzene rings is 1. The van der Waals surface area contributed by atoms with Crippen LogP contribution in [-0.2, 0) is 0 Å². The van der Waals surface area contributed by atoms with Crippen LogP contribution < -0.4 is 5.32 Å². The van der Waals surface area contributed by atoms with E-state index in [1.165, 1.54) is 0 Å². The highest BCUT2D eigenvalue weighted by Gasteiger charge is 2.14. The summed E-state index contributed by atoms with van der Waals surface area (Å²) in [6.45, 7) is 1.69. The van der Waals surface area contributed by atoms with E-state index in [1.807, 2.05) is 18.2 Å². The summed E-state index contributed by atoms with van der Waals surface area (Å²) in [7, 11) is 0. The van der Waals surface area contributed by atoms with Crippen molar-refractivity contribution < 1.29 is 9.90 Å². The highest BCUT2D eigenvalue weighted by molar-refractivity contribution is 14.1. The quantitative estimate of drug-likeness (QED) is 0.703. The number of aromatic nitrogens is 1. The second-order valence-electron chi connectivity index (χ2n) is 3.49. The number of halogens is 2. The third kappa shape index (κ3) is 3.01. The van der Waals surface area contributed by atoms with Crippen molar-refractivity contribution in [2.45, 2.75) is 6.92 Å². The molecule has 0 aliphatic rings. The summed E-state index contributed by atoms with van der Waals surface area (Å²) in [5.74, 6) is -0.943. The van der Waals surface area contributed by atoms with Crippen molar-refractivity contribution in [2.75, 3.05) is 5.32 Å². The minimum atomic E-state index is -0.943. The van der Waals surface area contributed by atoms with Crippen LogP contribution in [0.3, 0.4) is 0 Å². The number of aryl methyl sites for hydroxylation is 1. The number of nitrogens with zero attached hydrogens (tertiary/aromatic N) is 1. The van der Waals surface area contributed by atoms with Gasteiger partial charge in [-0.1, -0.05) is 27.3 Å². The molecule has 0 unspecified atom stereocenters. The molecule has 0 saturated heterocycles. The minimum Gasteiger partial charge on any atom is -0.477 e. The van der Waals surface area contributed by atoms with Crippen LogP contribution in [-0.4, -0.2) is 16.1 Å². The Morgan fingerprint density at radius 3 is 2.89 bits per heavy atom. The number of nitrogens with one attached hydrogen (secondary N) is 1. The summed E-state index contributed by atoms with van der Waals surface area (Å²) in [5, 5.41) is 12.7. The Morgan fingerprint density at radius 1 is 1.56 bits per heavy atom. The summed E-state index contributed by atoms with van der Waals surface area (Å²) in [4.78, 5) is 15.4. The lowest BCUT2D eigenvalue weighted by molar-refractivity contribution is 0.0701. The van der Waals surface area contributed by atoms with Crippen LogP contribution in [0, 0.1) is 10.5 Å². The molecule has 0 bridgehead atoms. The first-order valence-corrected chi connectivity index (χ1v) is 7.59. The maximum absolute atomic E-state index is 10.9. The van der Waals surface area contributed by atoms with Crippen molar-refractivity contribution in [3.8, 4) is 0 Å². The molecule has 2 aromatic rings. The first-order chi connectivity index (χ1) is 8.47. The van der Waals surface area contributed by atoms with Crippen molar-refractivity contribution in [1.82, 2.24) is 4.98 Å². The topological polar surface area (TPSA) is 62.2 Å². The molecule has 0 radical (unpaired) electrons. The van der Waals surface area contributed by atoms with E-state index in [0.717, 1.165) is 25.1 Å². The van der Waals surface area contributed by atoms with Crippen LogP contribution in [0.4, 0.5) is 10.8 Å². The van der Waals surface area contributed by atoms with Gasteiger partial charge >= 0.3 is 5.97 Å². The maximum atomic E-state index is 10.9. The van der Waals surface area contributed by atoms with Crippen LogP contribution in [0.15, 0.2) is 22.7 Å². The minimum absolute atomic E-state index is 0.266. The first kappa shape index (κ1) is 13.8. The Labute approximate surface area is 130 Å². The Balaban J connectivity index is 2.31. The maximum Gasteiger partial charge on any atom is 0.347 e. The number of aromatic carboxylic acids is 1. The van der Waals surface area contributed by atoms with Gasteiger partial charge in [-0.15, -0.1) is 0 Å². The normalized spacial score (nSPS) is 10.4. The molecule has 4 nitrogen and oxygen atoms in total. The molecule has 2 N–H and O–H groups in total. The highest BCUT2D eigenvalue weighted by Crippen LogP contribution is 2.29. The number of rotatable bonds is 3. The number of hydrogen-bond donors (Lipinski definition) is 2. The van der Waals surface area contributed by atoms with Crippen molar-refractivity contribution in [1.29, 1.82) is 0 Å². The van der Waals surface area contributed by atoms with Crippen molar-refractivity contribution in [3.05, 3.63) is 36.8 Å². The third-order valence-electron chi connectivity index (χ3n) is 2.16. The Morgan fingerprint density at radius 2 is 2.28 bits per heavy atom. The molecule has 1 heterocycles. The highest BCUT2D eigenvalue weighted by atomic mass is 127. The molecule has 0 saturated carbocycles. The molecule has 0 fully saturated rings. The number of carboxylic acids is 1. The lowest BCUT2D eigenvalue weighted by Gasteiger charge is -2.05. The first-order valence-electron chi connectivity index (χ1n) is 4.90. The molecule has 18 heavy (non-hydrogen) atoms. The number of carbonyl (C=O) groups is 1. The molecule has 0 spiro atoms. The van der Waals surface area contributed by atoms with E-state index in [-0.39, 0.29) is 4.88 Å². The Hall–Kier alpha value is -0.670. The second kappa shape index (κ2) is 5.54. The summed E-state index contributed by atoms with van der Waals surface area (Å²) >= 11 is 6.74. The SMILES string of the molecule is Cc1nc(Nc2cc(Br)ccc2I)sc1C(=O)O. The van der Waals surface area contributed by atoms with Gasteiger partial charge in [0.1, 0.15) is 4.88 Å². The summed E-state index contributed by atoms with van der Waals surface area (Å²) < 4.78 is 2.00. The predicted molar refractivity (Wildman–Crippen MR) is 84.0 cm³/mol. The summed E-state index contributed by atoms with van der Waals surface area (Å²) in [6, 6.07) is 5.84. The van der Waals surface area contributed by atoms with Gasteiger partial charge in [0.25, 0.3) is 0 Å². The predicted octanol–water partition coefficient (Wildman–Crippen LogP) is 4.26. The van der Waals surface area contributed by atoms with Crippen LogP contribution in [0.5, 0.6) is 0 Å². The zero-order valence-corrected chi connectivity index (χ0v) is 13.8. The van der Waals surface area contributed by atoms with E-state index in [2.05, 4.69) is 48.8 Å².